The quantitative estimate of drug-likeness (QED) is 0.293. The summed E-state index contributed by atoms with van der Waals surface area (Å²) in [5, 5.41) is 13.1. The molecule has 1 heterocycles. The van der Waals surface area contributed by atoms with Crippen LogP contribution in [0.15, 0.2) is 72.3 Å². The Morgan fingerprint density at radius 3 is 2.41 bits per heavy atom. The van der Waals surface area contributed by atoms with Crippen LogP contribution in [0, 0.1) is 5.92 Å². The molecule has 1 aliphatic rings. The van der Waals surface area contributed by atoms with Gasteiger partial charge in [0.05, 0.1) is 24.8 Å². The predicted molar refractivity (Wildman–Crippen MR) is 132 cm³/mol. The second-order valence-electron chi connectivity index (χ2n) is 8.79. The van der Waals surface area contributed by atoms with Crippen LogP contribution in [0.5, 0.6) is 5.75 Å². The molecule has 1 fully saturated rings. The van der Waals surface area contributed by atoms with Crippen molar-refractivity contribution in [1.29, 1.82) is 0 Å². The highest BCUT2D eigenvalue weighted by Gasteiger charge is 2.46. The normalized spacial score (nSPS) is 17.6. The van der Waals surface area contributed by atoms with Gasteiger partial charge in [0.2, 0.25) is 0 Å². The second-order valence-corrected chi connectivity index (χ2v) is 8.79. The number of ketones is 1. The van der Waals surface area contributed by atoms with Gasteiger partial charge in [-0.2, -0.15) is 0 Å². The summed E-state index contributed by atoms with van der Waals surface area (Å²) in [5.74, 6) is -0.433. The van der Waals surface area contributed by atoms with Crippen LogP contribution in [-0.2, 0) is 14.3 Å². The molecule has 3 aromatic rings. The number of ether oxygens (including phenoxy) is 2. The third-order valence-electron chi connectivity index (χ3n) is 5.90. The van der Waals surface area contributed by atoms with Crippen LogP contribution in [0.25, 0.3) is 16.5 Å². The van der Waals surface area contributed by atoms with Crippen LogP contribution in [0.1, 0.15) is 31.0 Å². The van der Waals surface area contributed by atoms with Crippen molar-refractivity contribution >= 4 is 28.2 Å². The number of nitrogens with zero attached hydrogens (tertiary/aromatic N) is 1. The molecule has 0 aromatic heterocycles. The second kappa shape index (κ2) is 10.1. The van der Waals surface area contributed by atoms with E-state index in [1.165, 1.54) is 4.90 Å². The number of rotatable bonds is 8. The fourth-order valence-corrected chi connectivity index (χ4v) is 4.23. The van der Waals surface area contributed by atoms with E-state index in [0.717, 1.165) is 10.8 Å². The molecule has 176 valence electrons. The Morgan fingerprint density at radius 2 is 1.71 bits per heavy atom. The zero-order chi connectivity index (χ0) is 24.2. The number of carbonyl (C=O) groups is 2. The number of aliphatic hydroxyl groups excluding tert-OH is 1. The van der Waals surface area contributed by atoms with Gasteiger partial charge in [0.25, 0.3) is 11.7 Å². The van der Waals surface area contributed by atoms with E-state index in [2.05, 4.69) is 13.8 Å². The van der Waals surface area contributed by atoms with Crippen molar-refractivity contribution in [3.63, 3.8) is 0 Å². The molecule has 0 spiro atoms. The zero-order valence-corrected chi connectivity index (χ0v) is 19.7. The van der Waals surface area contributed by atoms with Gasteiger partial charge in [-0.3, -0.25) is 9.59 Å². The molecule has 1 amide bonds. The van der Waals surface area contributed by atoms with Gasteiger partial charge in [-0.1, -0.05) is 68.4 Å². The van der Waals surface area contributed by atoms with Crippen molar-refractivity contribution in [3.05, 3.63) is 83.4 Å². The fourth-order valence-electron chi connectivity index (χ4n) is 4.23. The maximum Gasteiger partial charge on any atom is 0.295 e. The minimum Gasteiger partial charge on any atom is -0.507 e. The van der Waals surface area contributed by atoms with E-state index in [4.69, 9.17) is 9.47 Å². The highest BCUT2D eigenvalue weighted by atomic mass is 16.5. The third-order valence-corrected chi connectivity index (χ3v) is 5.90. The van der Waals surface area contributed by atoms with E-state index in [1.807, 2.05) is 60.7 Å². The lowest BCUT2D eigenvalue weighted by molar-refractivity contribution is -0.140. The maximum absolute atomic E-state index is 13.2. The van der Waals surface area contributed by atoms with Gasteiger partial charge < -0.3 is 19.5 Å². The first kappa shape index (κ1) is 23.5. The zero-order valence-electron chi connectivity index (χ0n) is 19.7. The molecule has 0 radical (unpaired) electrons. The van der Waals surface area contributed by atoms with Gasteiger partial charge >= 0.3 is 0 Å². The van der Waals surface area contributed by atoms with E-state index in [9.17, 15) is 14.7 Å². The van der Waals surface area contributed by atoms with Gasteiger partial charge in [-0.05, 0) is 34.4 Å². The fraction of sp³-hybridized carbons (Fsp3) is 0.286. The van der Waals surface area contributed by atoms with E-state index in [1.54, 1.807) is 13.2 Å². The van der Waals surface area contributed by atoms with Crippen molar-refractivity contribution in [2.45, 2.75) is 19.9 Å². The van der Waals surface area contributed by atoms with E-state index in [-0.39, 0.29) is 24.5 Å². The number of methoxy groups -OCH3 is 1. The van der Waals surface area contributed by atoms with E-state index >= 15 is 0 Å². The molecule has 1 unspecified atom stereocenters. The number of likely N-dealkylation sites (tertiary alicyclic amines) is 1. The summed E-state index contributed by atoms with van der Waals surface area (Å²) in [7, 11) is 1.54. The topological polar surface area (TPSA) is 76.1 Å². The maximum atomic E-state index is 13.2. The summed E-state index contributed by atoms with van der Waals surface area (Å²) in [4.78, 5) is 27.6. The molecule has 0 aliphatic carbocycles. The number of amides is 1. The largest absolute Gasteiger partial charge is 0.507 e. The van der Waals surface area contributed by atoms with Crippen molar-refractivity contribution in [2.75, 3.05) is 26.9 Å². The summed E-state index contributed by atoms with van der Waals surface area (Å²) in [5.41, 5.74) is 1.31. The number of carbonyl (C=O) groups excluding carboxylic acids is 2. The van der Waals surface area contributed by atoms with Crippen molar-refractivity contribution in [3.8, 4) is 5.75 Å². The summed E-state index contributed by atoms with van der Waals surface area (Å²) in [6.07, 6.45) is 0. The standard InChI is InChI=1S/C28H29NO5/c1-18(2)17-34-21-13-11-20(12-14-21)25-24(27(31)28(32)29(25)15-16-33-3)26(30)23-10-6-8-19-7-4-5-9-22(19)23/h4-14,18,25,30H,15-17H2,1-3H3/b26-24-. The molecule has 0 saturated carbocycles. The Hall–Kier alpha value is -3.64. The number of fused-ring (bicyclic) bond motifs is 1. The lowest BCUT2D eigenvalue weighted by Gasteiger charge is -2.25. The number of aliphatic hydroxyl groups is 1. The number of benzene rings is 3. The van der Waals surface area contributed by atoms with Crippen LogP contribution in [0.4, 0.5) is 0 Å². The Morgan fingerprint density at radius 1 is 1.00 bits per heavy atom. The van der Waals surface area contributed by atoms with Gasteiger partial charge in [-0.25, -0.2) is 0 Å². The molecule has 1 atom stereocenters. The SMILES string of the molecule is COCCN1C(=O)C(=O)/C(=C(\O)c2cccc3ccccc23)C1c1ccc(OCC(C)C)cc1. The molecular formula is C28H29NO5. The number of hydrogen-bond donors (Lipinski definition) is 1. The van der Waals surface area contributed by atoms with Crippen LogP contribution >= 0.6 is 0 Å². The first-order valence-electron chi connectivity index (χ1n) is 11.4. The third kappa shape index (κ3) is 4.54. The van der Waals surface area contributed by atoms with Crippen LogP contribution in [0.2, 0.25) is 0 Å². The van der Waals surface area contributed by atoms with Crippen molar-refractivity contribution < 1.29 is 24.2 Å². The van der Waals surface area contributed by atoms with E-state index in [0.29, 0.717) is 29.4 Å². The molecule has 3 aromatic carbocycles. The first-order valence-corrected chi connectivity index (χ1v) is 11.4. The smallest absolute Gasteiger partial charge is 0.295 e. The molecule has 6 nitrogen and oxygen atoms in total. The minimum atomic E-state index is -0.728. The van der Waals surface area contributed by atoms with Gasteiger partial charge in [0.1, 0.15) is 11.5 Å². The highest BCUT2D eigenvalue weighted by molar-refractivity contribution is 6.46. The molecule has 34 heavy (non-hydrogen) atoms. The van der Waals surface area contributed by atoms with Crippen molar-refractivity contribution in [2.24, 2.45) is 5.92 Å². The van der Waals surface area contributed by atoms with Crippen LogP contribution in [-0.4, -0.2) is 48.6 Å². The average molecular weight is 460 g/mol. The number of hydrogen-bond acceptors (Lipinski definition) is 5. The van der Waals surface area contributed by atoms with E-state index < -0.39 is 17.7 Å². The van der Waals surface area contributed by atoms with Crippen LogP contribution < -0.4 is 4.74 Å². The Balaban J connectivity index is 1.82. The molecule has 4 rings (SSSR count). The summed E-state index contributed by atoms with van der Waals surface area (Å²) in [6.45, 7) is 5.24. The predicted octanol–water partition coefficient (Wildman–Crippen LogP) is 4.94. The van der Waals surface area contributed by atoms with Gasteiger partial charge in [0, 0.05) is 19.2 Å². The lowest BCUT2D eigenvalue weighted by Crippen LogP contribution is -2.32. The van der Waals surface area contributed by atoms with Crippen LogP contribution in [0.3, 0.4) is 0 Å². The summed E-state index contributed by atoms with van der Waals surface area (Å²) >= 11 is 0. The lowest BCUT2D eigenvalue weighted by atomic mass is 9.93. The number of Topliss-reactive ketones (excluding diaryl/α,β-unsaturated/α-hetero) is 1. The minimum absolute atomic E-state index is 0.0771. The Bertz CT molecular complexity index is 1220. The summed E-state index contributed by atoms with van der Waals surface area (Å²) < 4.78 is 11.0. The molecule has 1 aliphatic heterocycles. The van der Waals surface area contributed by atoms with Gasteiger partial charge in [-0.15, -0.1) is 0 Å². The molecular weight excluding hydrogens is 430 g/mol. The monoisotopic (exact) mass is 459 g/mol. The highest BCUT2D eigenvalue weighted by Crippen LogP contribution is 2.40. The Labute approximate surface area is 199 Å². The average Bonchev–Trinajstić information content (AvgIpc) is 3.10. The molecule has 1 N–H and O–H groups in total. The molecule has 6 heteroatoms. The molecule has 1 saturated heterocycles. The van der Waals surface area contributed by atoms with Gasteiger partial charge in [0.15, 0.2) is 0 Å². The first-order chi connectivity index (χ1) is 16.4. The van der Waals surface area contributed by atoms with Crippen molar-refractivity contribution in [1.82, 2.24) is 4.90 Å². The molecule has 0 bridgehead atoms. The summed E-state index contributed by atoms with van der Waals surface area (Å²) in [6, 6.07) is 19.8. The Kier molecular flexibility index (Phi) is 6.98.